The van der Waals surface area contributed by atoms with Gasteiger partial charge in [-0.25, -0.2) is 0 Å². The summed E-state index contributed by atoms with van der Waals surface area (Å²) in [5.74, 6) is -0.0568. The molecule has 1 aliphatic heterocycles. The van der Waals surface area contributed by atoms with Gasteiger partial charge in [-0.05, 0) is 39.7 Å². The molecular formula is C19H29NO2. The van der Waals surface area contributed by atoms with Crippen LogP contribution in [0.15, 0.2) is 30.3 Å². The molecule has 2 unspecified atom stereocenters. The van der Waals surface area contributed by atoms with Gasteiger partial charge in [0.2, 0.25) is 0 Å². The summed E-state index contributed by atoms with van der Waals surface area (Å²) in [6.45, 7) is 11.7. The molecule has 0 saturated carbocycles. The van der Waals surface area contributed by atoms with E-state index in [0.29, 0.717) is 12.1 Å². The summed E-state index contributed by atoms with van der Waals surface area (Å²) in [7, 11) is 0. The van der Waals surface area contributed by atoms with Crippen molar-refractivity contribution in [3.05, 3.63) is 35.9 Å². The Labute approximate surface area is 134 Å². The van der Waals surface area contributed by atoms with Crippen molar-refractivity contribution < 1.29 is 9.53 Å². The lowest BCUT2D eigenvalue weighted by atomic mass is 9.75. The molecule has 0 aromatic heterocycles. The number of hydrogen-bond acceptors (Lipinski definition) is 3. The SMILES string of the molecule is CCC1(c2ccccc2)CC(CN(C(C)C)C(C)C)OC1=O. The minimum absolute atomic E-state index is 0.0162. The molecule has 3 nitrogen and oxygen atoms in total. The Balaban J connectivity index is 2.19. The number of hydrogen-bond donors (Lipinski definition) is 0. The van der Waals surface area contributed by atoms with E-state index in [1.807, 2.05) is 18.2 Å². The zero-order valence-corrected chi connectivity index (χ0v) is 14.5. The Bertz CT molecular complexity index is 489. The molecule has 1 aromatic rings. The first-order valence-corrected chi connectivity index (χ1v) is 8.43. The lowest BCUT2D eigenvalue weighted by molar-refractivity contribution is -0.146. The zero-order valence-electron chi connectivity index (χ0n) is 14.5. The monoisotopic (exact) mass is 303 g/mol. The molecule has 1 saturated heterocycles. The number of cyclic esters (lactones) is 1. The van der Waals surface area contributed by atoms with E-state index in [4.69, 9.17) is 4.74 Å². The van der Waals surface area contributed by atoms with Crippen molar-refractivity contribution >= 4 is 5.97 Å². The number of ether oxygens (including phenoxy) is 1. The second kappa shape index (κ2) is 6.82. The van der Waals surface area contributed by atoms with Gasteiger partial charge in [-0.15, -0.1) is 0 Å². The maximum Gasteiger partial charge on any atom is 0.317 e. The summed E-state index contributed by atoms with van der Waals surface area (Å²) in [6, 6.07) is 11.0. The van der Waals surface area contributed by atoms with E-state index < -0.39 is 5.41 Å². The van der Waals surface area contributed by atoms with Gasteiger partial charge < -0.3 is 4.74 Å². The van der Waals surface area contributed by atoms with E-state index in [-0.39, 0.29) is 12.1 Å². The van der Waals surface area contributed by atoms with Gasteiger partial charge in [0.05, 0.1) is 5.41 Å². The fourth-order valence-corrected chi connectivity index (χ4v) is 3.62. The van der Waals surface area contributed by atoms with Crippen LogP contribution in [-0.4, -0.2) is 35.6 Å². The minimum atomic E-state index is -0.467. The molecule has 0 aliphatic carbocycles. The Morgan fingerprint density at radius 2 is 1.77 bits per heavy atom. The molecule has 0 radical (unpaired) electrons. The Hall–Kier alpha value is -1.35. The summed E-state index contributed by atoms with van der Waals surface area (Å²) in [5, 5.41) is 0. The van der Waals surface area contributed by atoms with Gasteiger partial charge in [0.15, 0.2) is 0 Å². The van der Waals surface area contributed by atoms with Crippen LogP contribution in [0.2, 0.25) is 0 Å². The van der Waals surface area contributed by atoms with Gasteiger partial charge in [-0.1, -0.05) is 37.3 Å². The minimum Gasteiger partial charge on any atom is -0.460 e. The first kappa shape index (κ1) is 17.0. The molecule has 3 heteroatoms. The molecule has 122 valence electrons. The number of esters is 1. The molecule has 0 bridgehead atoms. The van der Waals surface area contributed by atoms with Crippen LogP contribution in [0, 0.1) is 0 Å². The van der Waals surface area contributed by atoms with E-state index in [9.17, 15) is 4.79 Å². The average molecular weight is 303 g/mol. The first-order chi connectivity index (χ1) is 10.4. The third kappa shape index (κ3) is 3.19. The lowest BCUT2D eigenvalue weighted by Crippen LogP contribution is -2.42. The number of benzene rings is 1. The van der Waals surface area contributed by atoms with Crippen LogP contribution in [0.25, 0.3) is 0 Å². The second-order valence-corrected chi connectivity index (χ2v) is 6.92. The van der Waals surface area contributed by atoms with Crippen molar-refractivity contribution in [2.45, 2.75) is 71.1 Å². The van der Waals surface area contributed by atoms with Crippen molar-refractivity contribution in [2.75, 3.05) is 6.54 Å². The van der Waals surface area contributed by atoms with Gasteiger partial charge in [0, 0.05) is 25.0 Å². The zero-order chi connectivity index (χ0) is 16.3. The normalized spacial score (nSPS) is 25.3. The van der Waals surface area contributed by atoms with Crippen molar-refractivity contribution in [3.63, 3.8) is 0 Å². The van der Waals surface area contributed by atoms with Crippen molar-refractivity contribution in [1.82, 2.24) is 4.90 Å². The predicted molar refractivity (Wildman–Crippen MR) is 89.9 cm³/mol. The van der Waals surface area contributed by atoms with Gasteiger partial charge in [-0.3, -0.25) is 9.69 Å². The molecular weight excluding hydrogens is 274 g/mol. The van der Waals surface area contributed by atoms with Crippen LogP contribution in [0.3, 0.4) is 0 Å². The number of carbonyl (C=O) groups is 1. The van der Waals surface area contributed by atoms with Crippen LogP contribution in [0.4, 0.5) is 0 Å². The summed E-state index contributed by atoms with van der Waals surface area (Å²) in [6.07, 6.45) is 1.55. The number of nitrogens with zero attached hydrogens (tertiary/aromatic N) is 1. The molecule has 0 amide bonds. The fraction of sp³-hybridized carbons (Fsp3) is 0.632. The van der Waals surface area contributed by atoms with Crippen LogP contribution < -0.4 is 0 Å². The highest BCUT2D eigenvalue weighted by Gasteiger charge is 2.49. The Kier molecular flexibility index (Phi) is 5.28. The fourth-order valence-electron chi connectivity index (χ4n) is 3.62. The summed E-state index contributed by atoms with van der Waals surface area (Å²) in [5.41, 5.74) is 0.622. The topological polar surface area (TPSA) is 29.5 Å². The van der Waals surface area contributed by atoms with Gasteiger partial charge in [0.1, 0.15) is 6.10 Å². The molecule has 22 heavy (non-hydrogen) atoms. The van der Waals surface area contributed by atoms with Crippen LogP contribution in [0.5, 0.6) is 0 Å². The Morgan fingerprint density at radius 1 is 1.18 bits per heavy atom. The van der Waals surface area contributed by atoms with Crippen LogP contribution in [-0.2, 0) is 14.9 Å². The molecule has 2 rings (SSSR count). The smallest absolute Gasteiger partial charge is 0.317 e. The number of rotatable bonds is 6. The van der Waals surface area contributed by atoms with Gasteiger partial charge >= 0.3 is 5.97 Å². The highest BCUT2D eigenvalue weighted by Crippen LogP contribution is 2.40. The van der Waals surface area contributed by atoms with Crippen LogP contribution >= 0.6 is 0 Å². The summed E-state index contributed by atoms with van der Waals surface area (Å²) < 4.78 is 5.77. The maximum absolute atomic E-state index is 12.6. The third-order valence-electron chi connectivity index (χ3n) is 4.91. The molecule has 0 N–H and O–H groups in total. The maximum atomic E-state index is 12.6. The average Bonchev–Trinajstić information content (AvgIpc) is 2.82. The van der Waals surface area contributed by atoms with Crippen molar-refractivity contribution in [1.29, 1.82) is 0 Å². The largest absolute Gasteiger partial charge is 0.460 e. The first-order valence-electron chi connectivity index (χ1n) is 8.43. The van der Waals surface area contributed by atoms with E-state index in [1.165, 1.54) is 0 Å². The van der Waals surface area contributed by atoms with Crippen molar-refractivity contribution in [3.8, 4) is 0 Å². The third-order valence-corrected chi connectivity index (χ3v) is 4.91. The molecule has 1 aliphatic rings. The van der Waals surface area contributed by atoms with E-state index in [0.717, 1.165) is 24.9 Å². The highest BCUT2D eigenvalue weighted by atomic mass is 16.6. The Morgan fingerprint density at radius 3 is 2.27 bits per heavy atom. The van der Waals surface area contributed by atoms with E-state index >= 15 is 0 Å². The van der Waals surface area contributed by atoms with E-state index in [2.05, 4.69) is 51.7 Å². The summed E-state index contributed by atoms with van der Waals surface area (Å²) in [4.78, 5) is 15.0. The van der Waals surface area contributed by atoms with Gasteiger partial charge in [0.25, 0.3) is 0 Å². The van der Waals surface area contributed by atoms with E-state index in [1.54, 1.807) is 0 Å². The van der Waals surface area contributed by atoms with Gasteiger partial charge in [-0.2, -0.15) is 0 Å². The highest BCUT2D eigenvalue weighted by molar-refractivity contribution is 5.85. The molecule has 1 fully saturated rings. The van der Waals surface area contributed by atoms with Crippen LogP contribution in [0.1, 0.15) is 53.0 Å². The number of carbonyl (C=O) groups excluding carboxylic acids is 1. The molecule has 0 spiro atoms. The predicted octanol–water partition coefficient (Wildman–Crippen LogP) is 3.77. The second-order valence-electron chi connectivity index (χ2n) is 6.92. The molecule has 2 atom stereocenters. The lowest BCUT2D eigenvalue weighted by Gasteiger charge is -2.32. The molecule has 1 aromatic carbocycles. The molecule has 1 heterocycles. The summed E-state index contributed by atoms with van der Waals surface area (Å²) >= 11 is 0. The standard InChI is InChI=1S/C19H29NO2/c1-6-19(16-10-8-7-9-11-16)12-17(22-18(19)21)13-20(14(2)3)15(4)5/h7-11,14-15,17H,6,12-13H2,1-5H3. The quantitative estimate of drug-likeness (QED) is 0.749. The van der Waals surface area contributed by atoms with Crippen molar-refractivity contribution in [2.24, 2.45) is 0 Å².